The standard InChI is InChI=1S/C25H39ClO4/c1-2-3-4-5-6-7-8-9-10-11-12-20-29-24(27)17-18-25(28)30-21-19-22-13-15-23(26)16-14-22/h13-16H,2-12,17-21H2,1H3. The molecule has 1 rings (SSSR count). The highest BCUT2D eigenvalue weighted by atomic mass is 35.5. The molecule has 0 aliphatic heterocycles. The van der Waals surface area contributed by atoms with E-state index in [1.54, 1.807) is 0 Å². The zero-order chi connectivity index (χ0) is 21.9. The van der Waals surface area contributed by atoms with Crippen molar-refractivity contribution in [2.45, 2.75) is 96.8 Å². The van der Waals surface area contributed by atoms with Crippen molar-refractivity contribution < 1.29 is 19.1 Å². The van der Waals surface area contributed by atoms with Crippen LogP contribution >= 0.6 is 11.6 Å². The number of hydrogen-bond donors (Lipinski definition) is 0. The Morgan fingerprint density at radius 2 is 1.17 bits per heavy atom. The number of halogens is 1. The largest absolute Gasteiger partial charge is 0.466 e. The van der Waals surface area contributed by atoms with E-state index in [1.807, 2.05) is 24.3 Å². The van der Waals surface area contributed by atoms with Gasteiger partial charge in [0.25, 0.3) is 0 Å². The van der Waals surface area contributed by atoms with Gasteiger partial charge in [0, 0.05) is 11.4 Å². The second-order valence-corrected chi connectivity index (χ2v) is 8.29. The van der Waals surface area contributed by atoms with Crippen molar-refractivity contribution in [2.75, 3.05) is 13.2 Å². The molecule has 170 valence electrons. The SMILES string of the molecule is CCCCCCCCCCCCCOC(=O)CCC(=O)OCCc1ccc(Cl)cc1. The summed E-state index contributed by atoms with van der Waals surface area (Å²) < 4.78 is 10.4. The second kappa shape index (κ2) is 18.2. The number of hydrogen-bond acceptors (Lipinski definition) is 4. The number of esters is 2. The van der Waals surface area contributed by atoms with Crippen molar-refractivity contribution >= 4 is 23.5 Å². The minimum atomic E-state index is -0.365. The van der Waals surface area contributed by atoms with Gasteiger partial charge in [-0.1, -0.05) is 94.9 Å². The van der Waals surface area contributed by atoms with Crippen LogP contribution in [0.2, 0.25) is 5.02 Å². The molecule has 0 bridgehead atoms. The monoisotopic (exact) mass is 438 g/mol. The Labute approximate surface area is 187 Å². The van der Waals surface area contributed by atoms with E-state index in [1.165, 1.54) is 57.8 Å². The topological polar surface area (TPSA) is 52.6 Å². The van der Waals surface area contributed by atoms with Crippen LogP contribution in [-0.4, -0.2) is 25.2 Å². The summed E-state index contributed by atoms with van der Waals surface area (Å²) in [6.45, 7) is 2.99. The van der Waals surface area contributed by atoms with Crippen LogP contribution in [0, 0.1) is 0 Å². The van der Waals surface area contributed by atoms with E-state index >= 15 is 0 Å². The Morgan fingerprint density at radius 3 is 1.70 bits per heavy atom. The van der Waals surface area contributed by atoms with E-state index in [2.05, 4.69) is 6.92 Å². The number of carbonyl (C=O) groups excluding carboxylic acids is 2. The van der Waals surface area contributed by atoms with Crippen LogP contribution < -0.4 is 0 Å². The Balaban J connectivity index is 1.88. The molecule has 0 atom stereocenters. The zero-order valence-corrected chi connectivity index (χ0v) is 19.4. The number of benzene rings is 1. The first-order chi connectivity index (χ1) is 14.6. The van der Waals surface area contributed by atoms with Gasteiger partial charge >= 0.3 is 11.9 Å². The molecular formula is C25H39ClO4. The Kier molecular flexibility index (Phi) is 16.1. The molecule has 4 nitrogen and oxygen atoms in total. The van der Waals surface area contributed by atoms with Crippen LogP contribution in [0.1, 0.15) is 96.0 Å². The molecule has 0 fully saturated rings. The third kappa shape index (κ3) is 15.3. The van der Waals surface area contributed by atoms with Gasteiger partial charge in [0.2, 0.25) is 0 Å². The predicted octanol–water partition coefficient (Wildman–Crippen LogP) is 7.06. The molecule has 0 amide bonds. The van der Waals surface area contributed by atoms with E-state index in [0.29, 0.717) is 24.7 Å². The third-order valence-corrected chi connectivity index (χ3v) is 5.36. The van der Waals surface area contributed by atoms with E-state index < -0.39 is 0 Å². The van der Waals surface area contributed by atoms with Crippen molar-refractivity contribution in [3.8, 4) is 0 Å². The van der Waals surface area contributed by atoms with E-state index in [4.69, 9.17) is 21.1 Å². The summed E-state index contributed by atoms with van der Waals surface area (Å²) in [5, 5.41) is 0.683. The maximum absolute atomic E-state index is 11.7. The lowest BCUT2D eigenvalue weighted by Gasteiger charge is -2.06. The van der Waals surface area contributed by atoms with Gasteiger partial charge in [0.15, 0.2) is 0 Å². The van der Waals surface area contributed by atoms with Crippen molar-refractivity contribution in [1.82, 2.24) is 0 Å². The molecule has 0 aliphatic carbocycles. The molecule has 1 aromatic carbocycles. The molecular weight excluding hydrogens is 400 g/mol. The lowest BCUT2D eigenvalue weighted by atomic mass is 10.1. The Hall–Kier alpha value is -1.55. The lowest BCUT2D eigenvalue weighted by Crippen LogP contribution is -2.12. The van der Waals surface area contributed by atoms with Crippen LogP contribution in [0.25, 0.3) is 0 Å². The van der Waals surface area contributed by atoms with Crippen LogP contribution in [0.4, 0.5) is 0 Å². The van der Waals surface area contributed by atoms with Crippen molar-refractivity contribution in [3.63, 3.8) is 0 Å². The van der Waals surface area contributed by atoms with Gasteiger partial charge in [-0.05, 0) is 24.1 Å². The number of ether oxygens (including phenoxy) is 2. The quantitative estimate of drug-likeness (QED) is 0.182. The molecule has 0 N–H and O–H groups in total. The van der Waals surface area contributed by atoms with Crippen molar-refractivity contribution in [3.05, 3.63) is 34.9 Å². The first-order valence-corrected chi connectivity index (χ1v) is 12.0. The Bertz CT molecular complexity index is 571. The first kappa shape index (κ1) is 26.5. The van der Waals surface area contributed by atoms with Crippen LogP contribution in [0.5, 0.6) is 0 Å². The third-order valence-electron chi connectivity index (χ3n) is 5.11. The second-order valence-electron chi connectivity index (χ2n) is 7.85. The fourth-order valence-electron chi connectivity index (χ4n) is 3.23. The van der Waals surface area contributed by atoms with Crippen LogP contribution in [0.3, 0.4) is 0 Å². The molecule has 5 heteroatoms. The van der Waals surface area contributed by atoms with Gasteiger partial charge in [-0.3, -0.25) is 9.59 Å². The molecule has 0 heterocycles. The number of unbranched alkanes of at least 4 members (excludes halogenated alkanes) is 10. The molecule has 0 aliphatic rings. The maximum atomic E-state index is 11.7. The van der Waals surface area contributed by atoms with Crippen LogP contribution in [0.15, 0.2) is 24.3 Å². The highest BCUT2D eigenvalue weighted by molar-refractivity contribution is 6.30. The number of rotatable bonds is 18. The summed E-state index contributed by atoms with van der Waals surface area (Å²) in [7, 11) is 0. The molecule has 30 heavy (non-hydrogen) atoms. The summed E-state index contributed by atoms with van der Waals surface area (Å²) in [5.74, 6) is -0.688. The van der Waals surface area contributed by atoms with Gasteiger partial charge in [0.1, 0.15) is 0 Å². The van der Waals surface area contributed by atoms with E-state index in [0.717, 1.165) is 18.4 Å². The summed E-state index contributed by atoms with van der Waals surface area (Å²) in [6, 6.07) is 7.43. The molecule has 0 saturated heterocycles. The first-order valence-electron chi connectivity index (χ1n) is 11.7. The predicted molar refractivity (Wildman–Crippen MR) is 123 cm³/mol. The molecule has 0 unspecified atom stereocenters. The zero-order valence-electron chi connectivity index (χ0n) is 18.6. The van der Waals surface area contributed by atoms with Gasteiger partial charge in [-0.15, -0.1) is 0 Å². The van der Waals surface area contributed by atoms with Gasteiger partial charge in [0.05, 0.1) is 26.1 Å². The highest BCUT2D eigenvalue weighted by Gasteiger charge is 2.09. The Morgan fingerprint density at radius 1 is 0.700 bits per heavy atom. The minimum absolute atomic E-state index is 0.0672. The fraction of sp³-hybridized carbons (Fsp3) is 0.680. The van der Waals surface area contributed by atoms with Gasteiger partial charge in [-0.2, -0.15) is 0 Å². The highest BCUT2D eigenvalue weighted by Crippen LogP contribution is 2.12. The molecule has 0 radical (unpaired) electrons. The smallest absolute Gasteiger partial charge is 0.306 e. The summed E-state index contributed by atoms with van der Waals surface area (Å²) in [5.41, 5.74) is 1.05. The van der Waals surface area contributed by atoms with Gasteiger partial charge in [-0.25, -0.2) is 0 Å². The number of carbonyl (C=O) groups is 2. The average molecular weight is 439 g/mol. The molecule has 0 saturated carbocycles. The molecule has 0 spiro atoms. The fourth-order valence-corrected chi connectivity index (χ4v) is 3.36. The van der Waals surface area contributed by atoms with Crippen LogP contribution in [-0.2, 0) is 25.5 Å². The van der Waals surface area contributed by atoms with Crippen molar-refractivity contribution in [1.29, 1.82) is 0 Å². The minimum Gasteiger partial charge on any atom is -0.466 e. The van der Waals surface area contributed by atoms with Crippen molar-refractivity contribution in [2.24, 2.45) is 0 Å². The summed E-state index contributed by atoms with van der Waals surface area (Å²) in [6.07, 6.45) is 14.7. The van der Waals surface area contributed by atoms with E-state index in [9.17, 15) is 9.59 Å². The maximum Gasteiger partial charge on any atom is 0.306 e. The van der Waals surface area contributed by atoms with Gasteiger partial charge < -0.3 is 9.47 Å². The summed E-state index contributed by atoms with van der Waals surface area (Å²) >= 11 is 5.83. The van der Waals surface area contributed by atoms with E-state index in [-0.39, 0.29) is 24.8 Å². The lowest BCUT2D eigenvalue weighted by molar-refractivity contribution is -0.150. The molecule has 0 aromatic heterocycles. The molecule has 1 aromatic rings. The average Bonchev–Trinajstić information content (AvgIpc) is 2.74. The summed E-state index contributed by atoms with van der Waals surface area (Å²) in [4.78, 5) is 23.4. The normalized spacial score (nSPS) is 10.7.